The van der Waals surface area contributed by atoms with Crippen molar-refractivity contribution in [1.82, 2.24) is 10.2 Å². The van der Waals surface area contributed by atoms with Gasteiger partial charge >= 0.3 is 0 Å². The maximum absolute atomic E-state index is 5.59. The van der Waals surface area contributed by atoms with Gasteiger partial charge in [-0.15, -0.1) is 0 Å². The van der Waals surface area contributed by atoms with E-state index in [1.54, 1.807) is 0 Å². The first-order valence-electron chi connectivity index (χ1n) is 6.53. The van der Waals surface area contributed by atoms with Gasteiger partial charge in [-0.25, -0.2) is 0 Å². The zero-order chi connectivity index (χ0) is 12.8. The summed E-state index contributed by atoms with van der Waals surface area (Å²) in [4.78, 5) is 3.06. The van der Waals surface area contributed by atoms with Crippen LogP contribution >= 0.6 is 12.2 Å². The first-order chi connectivity index (χ1) is 8.74. The number of rotatable bonds is 4. The van der Waals surface area contributed by atoms with Crippen molar-refractivity contribution >= 4 is 17.2 Å². The second kappa shape index (κ2) is 6.83. The number of nitrogens with two attached hydrogens (primary N) is 1. The van der Waals surface area contributed by atoms with Gasteiger partial charge in [-0.3, -0.25) is 4.90 Å². The Morgan fingerprint density at radius 3 is 2.94 bits per heavy atom. The molecule has 0 atom stereocenters. The van der Waals surface area contributed by atoms with E-state index in [0.29, 0.717) is 11.4 Å². The summed E-state index contributed by atoms with van der Waals surface area (Å²) in [5.74, 6) is 0. The van der Waals surface area contributed by atoms with Crippen molar-refractivity contribution in [2.24, 2.45) is 5.73 Å². The zero-order valence-corrected chi connectivity index (χ0v) is 11.5. The van der Waals surface area contributed by atoms with Gasteiger partial charge in [-0.1, -0.05) is 36.5 Å². The predicted octanol–water partition coefficient (Wildman–Crippen LogP) is 1.31. The van der Waals surface area contributed by atoms with E-state index in [9.17, 15) is 0 Å². The monoisotopic (exact) mass is 263 g/mol. The summed E-state index contributed by atoms with van der Waals surface area (Å²) in [7, 11) is 0. The molecule has 0 unspecified atom stereocenters. The van der Waals surface area contributed by atoms with Crippen LogP contribution in [0.1, 0.15) is 17.5 Å². The molecular formula is C14H21N3S. The van der Waals surface area contributed by atoms with Gasteiger partial charge in [0, 0.05) is 26.1 Å². The van der Waals surface area contributed by atoms with Crippen LogP contribution in [0.5, 0.6) is 0 Å². The van der Waals surface area contributed by atoms with Crippen molar-refractivity contribution in [1.29, 1.82) is 0 Å². The Morgan fingerprint density at radius 2 is 2.11 bits per heavy atom. The molecule has 0 saturated carbocycles. The van der Waals surface area contributed by atoms with Crippen LogP contribution in [-0.4, -0.2) is 36.1 Å². The molecule has 0 aromatic heterocycles. The lowest BCUT2D eigenvalue weighted by molar-refractivity contribution is 0.284. The van der Waals surface area contributed by atoms with Crippen molar-refractivity contribution in [3.8, 4) is 0 Å². The van der Waals surface area contributed by atoms with Crippen molar-refractivity contribution in [3.05, 3.63) is 35.4 Å². The molecule has 1 aliphatic heterocycles. The first-order valence-corrected chi connectivity index (χ1v) is 6.94. The third-order valence-corrected chi connectivity index (χ3v) is 3.35. The van der Waals surface area contributed by atoms with Crippen LogP contribution in [-0.2, 0) is 13.0 Å². The van der Waals surface area contributed by atoms with Crippen LogP contribution in [0.3, 0.4) is 0 Å². The van der Waals surface area contributed by atoms with E-state index in [1.807, 2.05) is 0 Å². The third kappa shape index (κ3) is 4.37. The Hall–Kier alpha value is -0.970. The number of nitrogens with zero attached hydrogens (tertiary/aromatic N) is 1. The lowest BCUT2D eigenvalue weighted by atomic mass is 10.1. The predicted molar refractivity (Wildman–Crippen MR) is 79.7 cm³/mol. The number of nitrogens with one attached hydrogen (secondary N) is 1. The van der Waals surface area contributed by atoms with E-state index in [1.165, 1.54) is 24.1 Å². The molecule has 0 amide bonds. The van der Waals surface area contributed by atoms with E-state index >= 15 is 0 Å². The summed E-state index contributed by atoms with van der Waals surface area (Å²) in [6.45, 7) is 5.55. The molecule has 1 aliphatic rings. The molecule has 1 saturated heterocycles. The Balaban J connectivity index is 1.97. The summed E-state index contributed by atoms with van der Waals surface area (Å²) in [6, 6.07) is 8.59. The summed E-state index contributed by atoms with van der Waals surface area (Å²) < 4.78 is 0. The van der Waals surface area contributed by atoms with Crippen LogP contribution < -0.4 is 11.1 Å². The fourth-order valence-electron chi connectivity index (χ4n) is 2.36. The standard InChI is InChI=1S/C14H21N3S/c15-14(18)10-12-3-1-4-13(9-12)11-17-7-2-5-16-6-8-17/h1,3-4,9,16H,2,5-8,10-11H2,(H2,15,18). The first kappa shape index (κ1) is 13.5. The smallest absolute Gasteiger partial charge is 0.0771 e. The average molecular weight is 263 g/mol. The molecule has 1 fully saturated rings. The summed E-state index contributed by atoms with van der Waals surface area (Å²) in [6.07, 6.45) is 1.93. The fourth-order valence-corrected chi connectivity index (χ4v) is 2.52. The van der Waals surface area contributed by atoms with Gasteiger partial charge in [0.2, 0.25) is 0 Å². The molecule has 3 nitrogen and oxygen atoms in total. The highest BCUT2D eigenvalue weighted by Crippen LogP contribution is 2.10. The quantitative estimate of drug-likeness (QED) is 0.804. The van der Waals surface area contributed by atoms with Crippen LogP contribution in [0.2, 0.25) is 0 Å². The SMILES string of the molecule is NC(=S)Cc1cccc(CN2CCCNCC2)c1. The van der Waals surface area contributed by atoms with E-state index in [-0.39, 0.29) is 0 Å². The second-order valence-electron chi connectivity index (χ2n) is 4.84. The molecule has 0 radical (unpaired) electrons. The number of benzene rings is 1. The molecule has 2 rings (SSSR count). The number of hydrogen-bond donors (Lipinski definition) is 2. The van der Waals surface area contributed by atoms with Crippen LogP contribution in [0, 0.1) is 0 Å². The number of hydrogen-bond acceptors (Lipinski definition) is 3. The molecule has 1 heterocycles. The molecular weight excluding hydrogens is 242 g/mol. The van der Waals surface area contributed by atoms with E-state index < -0.39 is 0 Å². The summed E-state index contributed by atoms with van der Waals surface area (Å²) in [5, 5.41) is 3.43. The minimum absolute atomic E-state index is 0.561. The topological polar surface area (TPSA) is 41.3 Å². The molecule has 1 aromatic rings. The van der Waals surface area contributed by atoms with Gasteiger partial charge in [-0.2, -0.15) is 0 Å². The highest BCUT2D eigenvalue weighted by atomic mass is 32.1. The van der Waals surface area contributed by atoms with Crippen LogP contribution in [0.4, 0.5) is 0 Å². The molecule has 0 aliphatic carbocycles. The Kier molecular flexibility index (Phi) is 5.11. The summed E-state index contributed by atoms with van der Waals surface area (Å²) in [5.41, 5.74) is 8.16. The second-order valence-corrected chi connectivity index (χ2v) is 5.37. The maximum atomic E-state index is 5.59. The normalized spacial score (nSPS) is 17.3. The lowest BCUT2D eigenvalue weighted by Gasteiger charge is -2.19. The highest BCUT2D eigenvalue weighted by molar-refractivity contribution is 7.80. The van der Waals surface area contributed by atoms with Gasteiger partial charge in [0.15, 0.2) is 0 Å². The van der Waals surface area contributed by atoms with Gasteiger partial charge in [0.1, 0.15) is 0 Å². The largest absolute Gasteiger partial charge is 0.393 e. The van der Waals surface area contributed by atoms with E-state index in [0.717, 1.165) is 26.2 Å². The van der Waals surface area contributed by atoms with E-state index in [2.05, 4.69) is 34.5 Å². The molecule has 18 heavy (non-hydrogen) atoms. The Morgan fingerprint density at radius 1 is 1.28 bits per heavy atom. The minimum atomic E-state index is 0.561. The third-order valence-electron chi connectivity index (χ3n) is 3.21. The highest BCUT2D eigenvalue weighted by Gasteiger charge is 2.09. The Labute approximate surface area is 114 Å². The van der Waals surface area contributed by atoms with Crippen LogP contribution in [0.25, 0.3) is 0 Å². The average Bonchev–Trinajstić information content (AvgIpc) is 2.57. The fraction of sp³-hybridized carbons (Fsp3) is 0.500. The molecule has 0 bridgehead atoms. The van der Waals surface area contributed by atoms with E-state index in [4.69, 9.17) is 18.0 Å². The molecule has 0 spiro atoms. The maximum Gasteiger partial charge on any atom is 0.0771 e. The van der Waals surface area contributed by atoms with Gasteiger partial charge in [0.05, 0.1) is 4.99 Å². The van der Waals surface area contributed by atoms with Gasteiger partial charge in [0.25, 0.3) is 0 Å². The number of thiocarbonyl (C=S) groups is 1. The van der Waals surface area contributed by atoms with Crippen molar-refractivity contribution in [2.75, 3.05) is 26.2 Å². The van der Waals surface area contributed by atoms with Crippen molar-refractivity contribution in [3.63, 3.8) is 0 Å². The van der Waals surface area contributed by atoms with Gasteiger partial charge < -0.3 is 11.1 Å². The lowest BCUT2D eigenvalue weighted by Crippen LogP contribution is -2.27. The van der Waals surface area contributed by atoms with Gasteiger partial charge in [-0.05, 0) is 30.6 Å². The zero-order valence-electron chi connectivity index (χ0n) is 10.7. The molecule has 4 heteroatoms. The van der Waals surface area contributed by atoms with Crippen LogP contribution in [0.15, 0.2) is 24.3 Å². The Bertz CT molecular complexity index is 398. The van der Waals surface area contributed by atoms with Crippen molar-refractivity contribution < 1.29 is 0 Å². The minimum Gasteiger partial charge on any atom is -0.393 e. The molecule has 98 valence electrons. The summed E-state index contributed by atoms with van der Waals surface area (Å²) >= 11 is 4.96. The molecule has 3 N–H and O–H groups in total. The molecule has 1 aromatic carbocycles. The van der Waals surface area contributed by atoms with Crippen molar-refractivity contribution in [2.45, 2.75) is 19.4 Å².